The number of fused-ring (bicyclic) bond motifs is 3. The van der Waals surface area contributed by atoms with Crippen LogP contribution in [-0.2, 0) is 0 Å². The van der Waals surface area contributed by atoms with Crippen molar-refractivity contribution in [3.05, 3.63) is 35.8 Å². The van der Waals surface area contributed by atoms with Crippen LogP contribution in [0.2, 0.25) is 0 Å². The molecule has 0 unspecified atom stereocenters. The summed E-state index contributed by atoms with van der Waals surface area (Å²) in [5.74, 6) is -0.227. The van der Waals surface area contributed by atoms with Gasteiger partial charge in [0.1, 0.15) is 11.5 Å². The molecule has 0 spiro atoms. The first-order chi connectivity index (χ1) is 10.7. The monoisotopic (exact) mass is 314 g/mol. The molecule has 1 amide bonds. The van der Waals surface area contributed by atoms with Crippen molar-refractivity contribution >= 4 is 16.8 Å². The van der Waals surface area contributed by atoms with Gasteiger partial charge in [0.25, 0.3) is 5.91 Å². The van der Waals surface area contributed by atoms with E-state index in [1.807, 2.05) is 4.90 Å². The molecular formula is C19H23FN2O. The van der Waals surface area contributed by atoms with E-state index in [2.05, 4.69) is 25.8 Å². The van der Waals surface area contributed by atoms with Crippen LogP contribution in [0.3, 0.4) is 0 Å². The molecule has 1 N–H and O–H groups in total. The number of rotatable bonds is 1. The second-order valence-corrected chi connectivity index (χ2v) is 8.56. The highest BCUT2D eigenvalue weighted by Crippen LogP contribution is 2.52. The zero-order valence-electron chi connectivity index (χ0n) is 13.9. The van der Waals surface area contributed by atoms with Gasteiger partial charge in [0.15, 0.2) is 0 Å². The number of carbonyl (C=O) groups is 1. The summed E-state index contributed by atoms with van der Waals surface area (Å²) in [5.41, 5.74) is 1.89. The number of likely N-dealkylation sites (tertiary alicyclic amines) is 1. The van der Waals surface area contributed by atoms with Gasteiger partial charge in [-0.25, -0.2) is 4.39 Å². The Morgan fingerprint density at radius 2 is 2.04 bits per heavy atom. The summed E-state index contributed by atoms with van der Waals surface area (Å²) >= 11 is 0. The van der Waals surface area contributed by atoms with Crippen LogP contribution >= 0.6 is 0 Å². The molecular weight excluding hydrogens is 291 g/mol. The van der Waals surface area contributed by atoms with Crippen molar-refractivity contribution in [3.63, 3.8) is 0 Å². The first-order valence-electron chi connectivity index (χ1n) is 8.34. The molecule has 3 nitrogen and oxygen atoms in total. The minimum atomic E-state index is -0.276. The number of halogens is 1. The minimum Gasteiger partial charge on any atom is -0.351 e. The topological polar surface area (TPSA) is 36.1 Å². The molecule has 2 fully saturated rings. The van der Waals surface area contributed by atoms with Crippen molar-refractivity contribution < 1.29 is 9.18 Å². The first kappa shape index (κ1) is 14.7. The van der Waals surface area contributed by atoms with E-state index < -0.39 is 0 Å². The number of aromatic amines is 1. The predicted molar refractivity (Wildman–Crippen MR) is 88.8 cm³/mol. The normalized spacial score (nSPS) is 29.2. The highest BCUT2D eigenvalue weighted by atomic mass is 19.1. The molecule has 1 saturated carbocycles. The number of aromatic nitrogens is 1. The van der Waals surface area contributed by atoms with Gasteiger partial charge >= 0.3 is 0 Å². The number of hydrogen-bond donors (Lipinski definition) is 1. The third-order valence-electron chi connectivity index (χ3n) is 5.49. The van der Waals surface area contributed by atoms with Gasteiger partial charge in [-0.2, -0.15) is 0 Å². The lowest BCUT2D eigenvalue weighted by Gasteiger charge is -2.39. The molecule has 1 aliphatic carbocycles. The van der Waals surface area contributed by atoms with Crippen LogP contribution in [-0.4, -0.2) is 28.4 Å². The van der Waals surface area contributed by atoms with Gasteiger partial charge in [-0.3, -0.25) is 4.79 Å². The van der Waals surface area contributed by atoms with Gasteiger partial charge in [-0.05, 0) is 54.4 Å². The van der Waals surface area contributed by atoms with Crippen LogP contribution in [0.4, 0.5) is 4.39 Å². The van der Waals surface area contributed by atoms with E-state index in [1.54, 1.807) is 12.1 Å². The Balaban J connectivity index is 1.66. The average molecular weight is 314 g/mol. The summed E-state index contributed by atoms with van der Waals surface area (Å²) in [5, 5.41) is 0.752. The largest absolute Gasteiger partial charge is 0.351 e. The molecule has 0 radical (unpaired) electrons. The molecule has 2 atom stereocenters. The van der Waals surface area contributed by atoms with E-state index in [9.17, 15) is 9.18 Å². The van der Waals surface area contributed by atoms with Gasteiger partial charge in [0.2, 0.25) is 0 Å². The van der Waals surface area contributed by atoms with Gasteiger partial charge in [-0.1, -0.05) is 20.8 Å². The Morgan fingerprint density at radius 3 is 2.83 bits per heavy atom. The van der Waals surface area contributed by atoms with Crippen LogP contribution in [0.25, 0.3) is 10.9 Å². The first-order valence-corrected chi connectivity index (χ1v) is 8.34. The van der Waals surface area contributed by atoms with Crippen molar-refractivity contribution in [1.29, 1.82) is 0 Å². The summed E-state index contributed by atoms with van der Waals surface area (Å²) in [6, 6.07) is 6.67. The van der Waals surface area contributed by atoms with Gasteiger partial charge < -0.3 is 9.88 Å². The van der Waals surface area contributed by atoms with Crippen molar-refractivity contribution in [1.82, 2.24) is 9.88 Å². The van der Waals surface area contributed by atoms with Crippen LogP contribution in [0, 0.1) is 16.6 Å². The number of hydrogen-bond acceptors (Lipinski definition) is 1. The van der Waals surface area contributed by atoms with Gasteiger partial charge in [-0.15, -0.1) is 0 Å². The summed E-state index contributed by atoms with van der Waals surface area (Å²) in [4.78, 5) is 18.2. The molecule has 2 bridgehead atoms. The van der Waals surface area contributed by atoms with Crippen molar-refractivity contribution in [2.75, 3.05) is 6.54 Å². The molecule has 122 valence electrons. The minimum absolute atomic E-state index is 0.0491. The Kier molecular flexibility index (Phi) is 2.94. The van der Waals surface area contributed by atoms with Gasteiger partial charge in [0.05, 0.1) is 0 Å². The lowest BCUT2D eigenvalue weighted by atomic mass is 9.65. The summed E-state index contributed by atoms with van der Waals surface area (Å²) in [7, 11) is 0. The van der Waals surface area contributed by atoms with Crippen LogP contribution in [0.15, 0.2) is 24.3 Å². The number of nitrogens with one attached hydrogen (secondary N) is 1. The maximum atomic E-state index is 13.4. The lowest BCUT2D eigenvalue weighted by molar-refractivity contribution is 0.0703. The standard InChI is InChI=1S/C19H23FN2O/c1-18(2)8-14-9-19(3,10-18)11-22(14)17(23)16-7-12-6-13(20)4-5-15(12)21-16/h4-7,14,21H,8-11H2,1-3H3/t14-,19-/m1/s1. The summed E-state index contributed by atoms with van der Waals surface area (Å²) < 4.78 is 13.4. The molecule has 1 aromatic carbocycles. The van der Waals surface area contributed by atoms with Crippen LogP contribution < -0.4 is 0 Å². The van der Waals surface area contributed by atoms with Crippen molar-refractivity contribution in [2.24, 2.45) is 10.8 Å². The predicted octanol–water partition coefficient (Wildman–Crippen LogP) is 4.35. The Bertz CT molecular complexity index is 794. The van der Waals surface area contributed by atoms with Crippen molar-refractivity contribution in [2.45, 2.75) is 46.1 Å². The number of benzene rings is 1. The SMILES string of the molecule is CC1(C)C[C@@H]2C[C@@](C)(CN2C(=O)c2cc3cc(F)ccc3[nH]2)C1. The second kappa shape index (κ2) is 4.59. The molecule has 1 aromatic heterocycles. The smallest absolute Gasteiger partial charge is 0.270 e. The molecule has 1 aliphatic heterocycles. The second-order valence-electron chi connectivity index (χ2n) is 8.56. The molecule has 1 saturated heterocycles. The summed E-state index contributed by atoms with van der Waals surface area (Å²) in [6.45, 7) is 7.73. The number of carbonyl (C=O) groups excluding carboxylic acids is 1. The van der Waals surface area contributed by atoms with Gasteiger partial charge in [0, 0.05) is 23.5 Å². The highest BCUT2D eigenvalue weighted by Gasteiger charge is 2.51. The molecule has 2 aromatic rings. The summed E-state index contributed by atoms with van der Waals surface area (Å²) in [6.07, 6.45) is 3.32. The number of nitrogens with zero attached hydrogens (tertiary/aromatic N) is 1. The van der Waals surface area contributed by atoms with Crippen molar-refractivity contribution in [3.8, 4) is 0 Å². The molecule has 4 rings (SSSR count). The van der Waals surface area contributed by atoms with E-state index in [4.69, 9.17) is 0 Å². The Labute approximate surface area is 135 Å². The quantitative estimate of drug-likeness (QED) is 0.834. The fourth-order valence-electron chi connectivity index (χ4n) is 5.07. The van der Waals surface area contributed by atoms with E-state index in [-0.39, 0.29) is 22.6 Å². The third-order valence-corrected chi connectivity index (χ3v) is 5.49. The molecule has 2 aliphatic rings. The zero-order valence-corrected chi connectivity index (χ0v) is 13.9. The van der Waals surface area contributed by atoms with E-state index >= 15 is 0 Å². The highest BCUT2D eigenvalue weighted by molar-refractivity contribution is 5.98. The van der Waals surface area contributed by atoms with E-state index in [0.29, 0.717) is 11.7 Å². The van der Waals surface area contributed by atoms with Crippen LogP contribution in [0.1, 0.15) is 50.5 Å². The fraction of sp³-hybridized carbons (Fsp3) is 0.526. The molecule has 2 heterocycles. The number of H-pyrrole nitrogens is 1. The lowest BCUT2D eigenvalue weighted by Crippen LogP contribution is -2.37. The maximum Gasteiger partial charge on any atom is 0.270 e. The molecule has 23 heavy (non-hydrogen) atoms. The average Bonchev–Trinajstić information content (AvgIpc) is 2.94. The maximum absolute atomic E-state index is 13.4. The van der Waals surface area contributed by atoms with E-state index in [0.717, 1.165) is 36.7 Å². The Hall–Kier alpha value is -1.84. The number of amides is 1. The van der Waals surface area contributed by atoms with E-state index in [1.165, 1.54) is 12.1 Å². The zero-order chi connectivity index (χ0) is 16.4. The third kappa shape index (κ3) is 2.44. The molecule has 4 heteroatoms. The Morgan fingerprint density at radius 1 is 1.26 bits per heavy atom. The fourth-order valence-corrected chi connectivity index (χ4v) is 5.07. The van der Waals surface area contributed by atoms with Crippen LogP contribution in [0.5, 0.6) is 0 Å².